The van der Waals surface area contributed by atoms with E-state index in [0.29, 0.717) is 0 Å². The molecule has 0 spiro atoms. The zero-order chi connectivity index (χ0) is 29.9. The number of aliphatic hydroxyl groups excluding tert-OH is 2. The van der Waals surface area contributed by atoms with E-state index < -0.39 is 92.8 Å². The summed E-state index contributed by atoms with van der Waals surface area (Å²) in [5.41, 5.74) is 0. The van der Waals surface area contributed by atoms with E-state index in [2.05, 4.69) is 32.1 Å². The minimum absolute atomic E-state index is 0.860. The van der Waals surface area contributed by atoms with Gasteiger partial charge in [-0.15, -0.1) is 0 Å². The van der Waals surface area contributed by atoms with Crippen molar-refractivity contribution in [1.82, 2.24) is 0 Å². The molecule has 1 fully saturated rings. The van der Waals surface area contributed by atoms with E-state index in [1.54, 1.807) is 0 Å². The highest BCUT2D eigenvalue weighted by molar-refractivity contribution is 7.47. The first-order chi connectivity index (χ1) is 16.9. The minimum atomic E-state index is -5.74. The number of carbonyl (C=O) groups excluding carboxylic acids is 2. The van der Waals surface area contributed by atoms with Crippen molar-refractivity contribution >= 4 is 43.2 Å². The van der Waals surface area contributed by atoms with E-state index in [9.17, 15) is 43.0 Å². The number of carbonyl (C=O) groups is 2. The zero-order valence-corrected chi connectivity index (χ0v) is 22.4. The molecular weight excluding hydrogens is 620 g/mol. The molecular formula is C12H24O22P4. The fourth-order valence-electron chi connectivity index (χ4n) is 2.92. The quantitative estimate of drug-likeness (QED) is 0.0552. The van der Waals surface area contributed by atoms with Crippen LogP contribution in [0.15, 0.2) is 0 Å². The molecule has 0 aromatic rings. The number of ether oxygens (including phenoxy) is 2. The lowest BCUT2D eigenvalue weighted by molar-refractivity contribution is -0.211. The summed E-state index contributed by atoms with van der Waals surface area (Å²) in [7, 11) is -22.8. The van der Waals surface area contributed by atoms with Crippen LogP contribution in [0, 0.1) is 0 Å². The highest BCUT2D eigenvalue weighted by atomic mass is 31.2. The lowest BCUT2D eigenvalue weighted by Gasteiger charge is -2.45. The minimum Gasteiger partial charge on any atom is -0.423 e. The Hall–Kier alpha value is -0.700. The largest absolute Gasteiger partial charge is 0.472 e. The fourth-order valence-corrected chi connectivity index (χ4v) is 5.53. The number of aliphatic hydroxyl groups is 2. The van der Waals surface area contributed by atoms with E-state index in [1.807, 2.05) is 0 Å². The van der Waals surface area contributed by atoms with Crippen molar-refractivity contribution in [2.75, 3.05) is 6.61 Å². The maximum absolute atomic E-state index is 12.4. The van der Waals surface area contributed by atoms with E-state index in [0.717, 1.165) is 13.8 Å². The second kappa shape index (κ2) is 13.3. The maximum Gasteiger partial charge on any atom is 0.472 e. The monoisotopic (exact) mass is 644 g/mol. The summed E-state index contributed by atoms with van der Waals surface area (Å²) >= 11 is 0. The summed E-state index contributed by atoms with van der Waals surface area (Å²) in [6.45, 7) is 0.512. The molecule has 22 nitrogen and oxygen atoms in total. The topological polar surface area (TPSA) is 349 Å². The van der Waals surface area contributed by atoms with E-state index in [4.69, 9.17) is 29.4 Å². The molecule has 38 heavy (non-hydrogen) atoms. The van der Waals surface area contributed by atoms with Crippen LogP contribution in [0.4, 0.5) is 0 Å². The van der Waals surface area contributed by atoms with Crippen LogP contribution in [0.5, 0.6) is 0 Å². The zero-order valence-electron chi connectivity index (χ0n) is 18.9. The molecule has 1 aliphatic rings. The smallest absolute Gasteiger partial charge is 0.423 e. The molecule has 26 heteroatoms. The Bertz CT molecular complexity index is 973. The number of hydrogen-bond acceptors (Lipinski definition) is 15. The molecule has 0 aromatic heterocycles. The van der Waals surface area contributed by atoms with Gasteiger partial charge in [0.1, 0.15) is 43.2 Å². The Morgan fingerprint density at radius 3 is 1.29 bits per heavy atom. The number of hydrogen-bond donors (Lipinski definition) is 9. The van der Waals surface area contributed by atoms with Crippen molar-refractivity contribution in [1.29, 1.82) is 0 Å². The van der Waals surface area contributed by atoms with Gasteiger partial charge in [0.2, 0.25) is 0 Å². The lowest BCUT2D eigenvalue weighted by Crippen LogP contribution is -2.65. The Morgan fingerprint density at radius 1 is 0.632 bits per heavy atom. The van der Waals surface area contributed by atoms with Crippen LogP contribution in [0.1, 0.15) is 13.8 Å². The third kappa shape index (κ3) is 12.6. The molecule has 0 amide bonds. The van der Waals surface area contributed by atoms with E-state index in [-0.39, 0.29) is 0 Å². The van der Waals surface area contributed by atoms with Gasteiger partial charge in [-0.1, -0.05) is 0 Å². The molecule has 1 aliphatic carbocycles. The summed E-state index contributed by atoms with van der Waals surface area (Å²) in [6.07, 6.45) is -18.4. The van der Waals surface area contributed by atoms with Crippen molar-refractivity contribution in [3.63, 3.8) is 0 Å². The molecule has 0 saturated heterocycles. The summed E-state index contributed by atoms with van der Waals surface area (Å²) in [6, 6.07) is 0. The van der Waals surface area contributed by atoms with Crippen molar-refractivity contribution in [2.24, 2.45) is 0 Å². The van der Waals surface area contributed by atoms with Crippen LogP contribution in [0.25, 0.3) is 0 Å². The molecule has 9 N–H and O–H groups in total. The van der Waals surface area contributed by atoms with Gasteiger partial charge >= 0.3 is 43.2 Å². The Balaban J connectivity index is 3.37. The van der Waals surface area contributed by atoms with Crippen LogP contribution in [0.2, 0.25) is 0 Å². The molecule has 5 atom stereocenters. The molecule has 1 saturated carbocycles. The fraction of sp³-hybridized carbons (Fsp3) is 0.833. The van der Waals surface area contributed by atoms with Crippen molar-refractivity contribution in [2.45, 2.75) is 56.8 Å². The van der Waals surface area contributed by atoms with Gasteiger partial charge in [-0.2, -0.15) is 0 Å². The SMILES string of the molecule is CC(=O)OC(COP(=O)(O)OC1C(O)C(OP(=O)(O)O)C(OP(=O)(O)O)C(OP(=O)(O)O)C1O)OC(C)=O. The molecule has 224 valence electrons. The number of rotatable bonds is 13. The summed E-state index contributed by atoms with van der Waals surface area (Å²) in [4.78, 5) is 86.8. The molecule has 0 heterocycles. The number of phosphoric acid groups is 4. The first kappa shape index (κ1) is 35.3. The first-order valence-electron chi connectivity index (χ1n) is 9.49. The molecule has 0 aliphatic heterocycles. The molecule has 1 rings (SSSR count). The predicted octanol–water partition coefficient (Wildman–Crippen LogP) is -2.89. The normalized spacial score (nSPS) is 28.5. The van der Waals surface area contributed by atoms with Gasteiger partial charge in [0.05, 0.1) is 0 Å². The van der Waals surface area contributed by atoms with Gasteiger partial charge in [0.25, 0.3) is 6.29 Å². The number of phosphoric ester groups is 4. The van der Waals surface area contributed by atoms with Crippen molar-refractivity contribution in [3.8, 4) is 0 Å². The van der Waals surface area contributed by atoms with Crippen molar-refractivity contribution < 1.29 is 104 Å². The van der Waals surface area contributed by atoms with Gasteiger partial charge in [0, 0.05) is 13.8 Å². The highest BCUT2D eigenvalue weighted by Gasteiger charge is 2.58. The van der Waals surface area contributed by atoms with Crippen LogP contribution in [-0.2, 0) is 59.9 Å². The van der Waals surface area contributed by atoms with E-state index >= 15 is 0 Å². The van der Waals surface area contributed by atoms with Crippen LogP contribution in [0.3, 0.4) is 0 Å². The number of esters is 2. The average molecular weight is 644 g/mol. The maximum atomic E-state index is 12.4. The molecule has 0 radical (unpaired) electrons. The lowest BCUT2D eigenvalue weighted by atomic mass is 9.85. The van der Waals surface area contributed by atoms with Crippen molar-refractivity contribution in [3.05, 3.63) is 0 Å². The van der Waals surface area contributed by atoms with Crippen LogP contribution in [-0.4, -0.2) is 106 Å². The summed E-state index contributed by atoms with van der Waals surface area (Å²) in [5, 5.41) is 20.9. The predicted molar refractivity (Wildman–Crippen MR) is 111 cm³/mol. The highest BCUT2D eigenvalue weighted by Crippen LogP contribution is 2.53. The van der Waals surface area contributed by atoms with E-state index in [1.165, 1.54) is 0 Å². The van der Waals surface area contributed by atoms with Gasteiger partial charge in [-0.3, -0.25) is 32.2 Å². The third-order valence-electron chi connectivity index (χ3n) is 3.99. The second-order valence-electron chi connectivity index (χ2n) is 7.15. The van der Waals surface area contributed by atoms with Crippen LogP contribution < -0.4 is 0 Å². The van der Waals surface area contributed by atoms with Gasteiger partial charge in [0.15, 0.2) is 0 Å². The standard InChI is InChI=1S/C12H24O22P4/c1-4(13)29-6(30-5(2)14)3-28-38(26,27)34-9-7(15)10(31-35(17,18)19)12(33-37(23,24)25)11(8(9)16)32-36(20,21)22/h6-12,15-16H,3H2,1-2H3,(H,26,27)(H2,17,18,19)(H2,20,21,22)(H2,23,24,25). The van der Waals surface area contributed by atoms with Gasteiger partial charge < -0.3 is 53.9 Å². The summed E-state index contributed by atoms with van der Waals surface area (Å²) in [5.74, 6) is -2.09. The Morgan fingerprint density at radius 2 is 0.974 bits per heavy atom. The Kier molecular flexibility index (Phi) is 12.4. The second-order valence-corrected chi connectivity index (χ2v) is 12.1. The van der Waals surface area contributed by atoms with Gasteiger partial charge in [-0.25, -0.2) is 18.3 Å². The van der Waals surface area contributed by atoms with Crippen LogP contribution >= 0.6 is 31.3 Å². The molecule has 5 unspecified atom stereocenters. The molecule has 0 bridgehead atoms. The molecule has 0 aromatic carbocycles. The Labute approximate surface area is 211 Å². The first-order valence-corrected chi connectivity index (χ1v) is 15.6. The third-order valence-corrected chi connectivity index (χ3v) is 6.53. The summed E-state index contributed by atoms with van der Waals surface area (Å²) < 4.78 is 77.0. The average Bonchev–Trinajstić information content (AvgIpc) is 2.66. The van der Waals surface area contributed by atoms with Gasteiger partial charge in [-0.05, 0) is 0 Å².